The topological polar surface area (TPSA) is 9.23 Å². The van der Waals surface area contributed by atoms with E-state index in [1.165, 1.54) is 6.07 Å². The SMILES string of the molecule is Fc1ccccc1COC(CI)c1ccc(Br)cc1. The van der Waals surface area contributed by atoms with Crippen molar-refractivity contribution in [3.05, 3.63) is 69.9 Å². The van der Waals surface area contributed by atoms with Crippen molar-refractivity contribution in [3.8, 4) is 0 Å². The van der Waals surface area contributed by atoms with Gasteiger partial charge in [0.05, 0.1) is 12.7 Å². The third-order valence-electron chi connectivity index (χ3n) is 2.78. The van der Waals surface area contributed by atoms with Gasteiger partial charge in [-0.25, -0.2) is 4.39 Å². The van der Waals surface area contributed by atoms with E-state index >= 15 is 0 Å². The lowest BCUT2D eigenvalue weighted by Gasteiger charge is -2.16. The van der Waals surface area contributed by atoms with Crippen LogP contribution in [0.1, 0.15) is 17.2 Å². The van der Waals surface area contributed by atoms with Gasteiger partial charge >= 0.3 is 0 Å². The van der Waals surface area contributed by atoms with Crippen molar-refractivity contribution >= 4 is 38.5 Å². The maximum Gasteiger partial charge on any atom is 0.128 e. The van der Waals surface area contributed by atoms with Gasteiger partial charge in [-0.3, -0.25) is 0 Å². The van der Waals surface area contributed by atoms with Crippen molar-refractivity contribution in [1.29, 1.82) is 0 Å². The monoisotopic (exact) mass is 434 g/mol. The van der Waals surface area contributed by atoms with Crippen LogP contribution in [0, 0.1) is 5.82 Å². The highest BCUT2D eigenvalue weighted by Crippen LogP contribution is 2.23. The summed E-state index contributed by atoms with van der Waals surface area (Å²) in [5.74, 6) is -0.217. The van der Waals surface area contributed by atoms with E-state index in [9.17, 15) is 4.39 Å². The molecule has 0 aliphatic heterocycles. The molecule has 0 bridgehead atoms. The summed E-state index contributed by atoms with van der Waals surface area (Å²) < 4.78 is 21.2. The highest BCUT2D eigenvalue weighted by Gasteiger charge is 2.11. The highest BCUT2D eigenvalue weighted by molar-refractivity contribution is 14.1. The van der Waals surface area contributed by atoms with E-state index in [0.29, 0.717) is 5.56 Å². The summed E-state index contributed by atoms with van der Waals surface area (Å²) in [5.41, 5.74) is 1.70. The van der Waals surface area contributed by atoms with E-state index in [4.69, 9.17) is 4.74 Å². The summed E-state index contributed by atoms with van der Waals surface area (Å²) in [6.07, 6.45) is -0.0201. The fourth-order valence-corrected chi connectivity index (χ4v) is 2.74. The van der Waals surface area contributed by atoms with Crippen LogP contribution in [0.15, 0.2) is 53.0 Å². The van der Waals surface area contributed by atoms with Crippen LogP contribution in [0.2, 0.25) is 0 Å². The Bertz CT molecular complexity index is 530. The first-order chi connectivity index (χ1) is 9.20. The molecule has 19 heavy (non-hydrogen) atoms. The molecule has 0 aromatic heterocycles. The largest absolute Gasteiger partial charge is 0.368 e. The van der Waals surface area contributed by atoms with Gasteiger partial charge in [0, 0.05) is 14.5 Å². The van der Waals surface area contributed by atoms with Crippen LogP contribution in [-0.4, -0.2) is 4.43 Å². The molecule has 0 heterocycles. The Hall–Kier alpha value is -0.460. The number of hydrogen-bond acceptors (Lipinski definition) is 1. The van der Waals surface area contributed by atoms with Crippen molar-refractivity contribution in [2.45, 2.75) is 12.7 Å². The molecule has 0 aliphatic rings. The molecule has 4 heteroatoms. The molecule has 0 saturated carbocycles. The fraction of sp³-hybridized carbons (Fsp3) is 0.200. The molecule has 0 radical (unpaired) electrons. The number of ether oxygens (including phenoxy) is 1. The minimum atomic E-state index is -0.217. The molecule has 0 fully saturated rings. The van der Waals surface area contributed by atoms with E-state index in [2.05, 4.69) is 38.5 Å². The number of halogens is 3. The van der Waals surface area contributed by atoms with E-state index in [0.717, 1.165) is 14.5 Å². The number of benzene rings is 2. The molecule has 0 saturated heterocycles. The van der Waals surface area contributed by atoms with Crippen molar-refractivity contribution in [2.75, 3.05) is 4.43 Å². The third kappa shape index (κ3) is 4.26. The maximum atomic E-state index is 13.5. The van der Waals surface area contributed by atoms with Gasteiger partial charge in [0.25, 0.3) is 0 Å². The van der Waals surface area contributed by atoms with Crippen LogP contribution in [0.25, 0.3) is 0 Å². The van der Waals surface area contributed by atoms with Gasteiger partial charge in [-0.15, -0.1) is 0 Å². The molecule has 0 amide bonds. The maximum absolute atomic E-state index is 13.5. The van der Waals surface area contributed by atoms with Crippen molar-refractivity contribution < 1.29 is 9.13 Å². The van der Waals surface area contributed by atoms with E-state index in [1.807, 2.05) is 30.3 Å². The van der Waals surface area contributed by atoms with Crippen LogP contribution in [0.5, 0.6) is 0 Å². The van der Waals surface area contributed by atoms with Crippen LogP contribution in [0.4, 0.5) is 4.39 Å². The standard InChI is InChI=1S/C15H13BrFIO/c16-13-7-5-11(6-8-13)15(9-18)19-10-12-3-1-2-4-14(12)17/h1-8,15H,9-10H2. The molecule has 1 nitrogen and oxygen atoms in total. The zero-order valence-electron chi connectivity index (χ0n) is 10.2. The third-order valence-corrected chi connectivity index (χ3v) is 4.11. The lowest BCUT2D eigenvalue weighted by molar-refractivity contribution is 0.0560. The highest BCUT2D eigenvalue weighted by atomic mass is 127. The lowest BCUT2D eigenvalue weighted by Crippen LogP contribution is -2.06. The smallest absolute Gasteiger partial charge is 0.128 e. The van der Waals surface area contributed by atoms with Crippen LogP contribution in [0.3, 0.4) is 0 Å². The van der Waals surface area contributed by atoms with Gasteiger partial charge in [-0.2, -0.15) is 0 Å². The molecule has 2 aromatic carbocycles. The molecule has 1 atom stereocenters. The summed E-state index contributed by atoms with van der Waals surface area (Å²) >= 11 is 5.69. The summed E-state index contributed by atoms with van der Waals surface area (Å²) in [4.78, 5) is 0. The predicted molar refractivity (Wildman–Crippen MR) is 87.0 cm³/mol. The first kappa shape index (κ1) is 14.9. The molecular weight excluding hydrogens is 422 g/mol. The van der Waals surface area contributed by atoms with Crippen molar-refractivity contribution in [3.63, 3.8) is 0 Å². The van der Waals surface area contributed by atoms with Crippen molar-refractivity contribution in [1.82, 2.24) is 0 Å². The minimum absolute atomic E-state index is 0.0201. The minimum Gasteiger partial charge on any atom is -0.368 e. The molecule has 1 unspecified atom stereocenters. The molecule has 100 valence electrons. The Morgan fingerprint density at radius 1 is 1.11 bits per heavy atom. The van der Waals surface area contributed by atoms with Gasteiger partial charge in [-0.05, 0) is 23.8 Å². The van der Waals surface area contributed by atoms with Crippen molar-refractivity contribution in [2.24, 2.45) is 0 Å². The van der Waals surface area contributed by atoms with Gasteiger partial charge in [-0.1, -0.05) is 68.9 Å². The van der Waals surface area contributed by atoms with E-state index in [1.54, 1.807) is 12.1 Å². The summed E-state index contributed by atoms with van der Waals surface area (Å²) in [5, 5.41) is 0. The molecule has 0 aliphatic carbocycles. The zero-order chi connectivity index (χ0) is 13.7. The van der Waals surface area contributed by atoms with Gasteiger partial charge in [0.2, 0.25) is 0 Å². The number of alkyl halides is 1. The molecular formula is C15H13BrFIO. The summed E-state index contributed by atoms with van der Waals surface area (Å²) in [6, 6.07) is 14.7. The Balaban J connectivity index is 2.04. The van der Waals surface area contributed by atoms with Gasteiger partial charge < -0.3 is 4.74 Å². The second-order valence-corrected chi connectivity index (χ2v) is 5.89. The Kier molecular flexibility index (Phi) is 5.78. The Morgan fingerprint density at radius 2 is 1.79 bits per heavy atom. The second kappa shape index (κ2) is 7.36. The fourth-order valence-electron chi connectivity index (χ4n) is 1.71. The normalized spacial score (nSPS) is 12.4. The van der Waals surface area contributed by atoms with E-state index < -0.39 is 0 Å². The summed E-state index contributed by atoms with van der Waals surface area (Å²) in [7, 11) is 0. The number of hydrogen-bond donors (Lipinski definition) is 0. The average molecular weight is 435 g/mol. The van der Waals surface area contributed by atoms with Crippen LogP contribution < -0.4 is 0 Å². The first-order valence-electron chi connectivity index (χ1n) is 5.87. The quantitative estimate of drug-likeness (QED) is 0.459. The van der Waals surface area contributed by atoms with Gasteiger partial charge in [0.15, 0.2) is 0 Å². The average Bonchev–Trinajstić information content (AvgIpc) is 2.43. The zero-order valence-corrected chi connectivity index (χ0v) is 13.9. The van der Waals surface area contributed by atoms with Crippen LogP contribution in [-0.2, 0) is 11.3 Å². The van der Waals surface area contributed by atoms with Crippen LogP contribution >= 0.6 is 38.5 Å². The second-order valence-electron chi connectivity index (χ2n) is 4.10. The number of rotatable bonds is 5. The van der Waals surface area contributed by atoms with Gasteiger partial charge in [0.1, 0.15) is 5.82 Å². The first-order valence-corrected chi connectivity index (χ1v) is 8.19. The molecule has 2 rings (SSSR count). The Morgan fingerprint density at radius 3 is 2.42 bits per heavy atom. The van der Waals surface area contributed by atoms with E-state index in [-0.39, 0.29) is 18.5 Å². The molecule has 0 spiro atoms. The predicted octanol–water partition coefficient (Wildman–Crippen LogP) is 5.28. The lowest BCUT2D eigenvalue weighted by atomic mass is 10.1. The Labute approximate surface area is 134 Å². The molecule has 2 aromatic rings. The molecule has 0 N–H and O–H groups in total. The summed E-state index contributed by atoms with van der Waals surface area (Å²) in [6.45, 7) is 0.288.